The highest BCUT2D eigenvalue weighted by atomic mass is 16.8. The first-order chi connectivity index (χ1) is 13.6. The van der Waals surface area contributed by atoms with E-state index < -0.39 is 11.9 Å². The van der Waals surface area contributed by atoms with Crippen LogP contribution < -0.4 is 0 Å². The van der Waals surface area contributed by atoms with Gasteiger partial charge in [0.2, 0.25) is 0 Å². The zero-order valence-corrected chi connectivity index (χ0v) is 18.0. The highest BCUT2D eigenvalue weighted by Crippen LogP contribution is 2.32. The summed E-state index contributed by atoms with van der Waals surface area (Å²) in [6.45, 7) is 11.3. The molecule has 0 bridgehead atoms. The summed E-state index contributed by atoms with van der Waals surface area (Å²) in [4.78, 5) is 25.6. The van der Waals surface area contributed by atoms with E-state index in [1.165, 1.54) is 6.08 Å². The number of carbonyl (C=O) groups is 2. The van der Waals surface area contributed by atoms with Crippen molar-refractivity contribution in [2.75, 3.05) is 0 Å². The Bertz CT molecular complexity index is 864. The van der Waals surface area contributed by atoms with Crippen LogP contribution in [0.3, 0.4) is 0 Å². The molecule has 0 amide bonds. The number of aryl methyl sites for hydroxylation is 2. The van der Waals surface area contributed by atoms with Gasteiger partial charge in [-0.2, -0.15) is 0 Å². The third kappa shape index (κ3) is 4.85. The average molecular weight is 398 g/mol. The molecule has 0 N–H and O–H groups in total. The number of benzene rings is 1. The molecule has 5 heteroatoms. The molecule has 2 aliphatic heterocycles. The smallest absolute Gasteiger partial charge is 0.339 e. The fourth-order valence-corrected chi connectivity index (χ4v) is 3.82. The summed E-state index contributed by atoms with van der Waals surface area (Å²) in [6, 6.07) is 3.95. The lowest BCUT2D eigenvalue weighted by Crippen LogP contribution is -2.30. The van der Waals surface area contributed by atoms with E-state index in [1.807, 2.05) is 65.8 Å². The number of cyclic esters (lactones) is 1. The van der Waals surface area contributed by atoms with E-state index in [9.17, 15) is 9.59 Å². The predicted octanol–water partition coefficient (Wildman–Crippen LogP) is 4.55. The fraction of sp³-hybridized carbons (Fsp3) is 0.500. The molecule has 0 aliphatic carbocycles. The number of ketones is 1. The Morgan fingerprint density at radius 3 is 2.48 bits per heavy atom. The van der Waals surface area contributed by atoms with E-state index in [0.717, 1.165) is 16.7 Å². The van der Waals surface area contributed by atoms with Gasteiger partial charge in [-0.05, 0) is 58.2 Å². The van der Waals surface area contributed by atoms with Crippen LogP contribution in [0.5, 0.6) is 0 Å². The number of esters is 1. The van der Waals surface area contributed by atoms with Gasteiger partial charge in [0, 0.05) is 5.92 Å². The van der Waals surface area contributed by atoms with Crippen LogP contribution in [0, 0.1) is 19.8 Å². The molecule has 0 saturated carbocycles. The summed E-state index contributed by atoms with van der Waals surface area (Å²) in [5.41, 5.74) is 3.33. The van der Waals surface area contributed by atoms with Gasteiger partial charge >= 0.3 is 5.97 Å². The van der Waals surface area contributed by atoms with Crippen LogP contribution in [0.4, 0.5) is 0 Å². The second-order valence-corrected chi connectivity index (χ2v) is 8.51. The van der Waals surface area contributed by atoms with Gasteiger partial charge < -0.3 is 14.2 Å². The molecule has 29 heavy (non-hydrogen) atoms. The van der Waals surface area contributed by atoms with Crippen LogP contribution in [0.2, 0.25) is 0 Å². The van der Waals surface area contributed by atoms with Crippen LogP contribution >= 0.6 is 0 Å². The summed E-state index contributed by atoms with van der Waals surface area (Å²) < 4.78 is 17.6. The first kappa shape index (κ1) is 21.5. The molecular formula is C24H30O5. The molecule has 5 nitrogen and oxygen atoms in total. The predicted molar refractivity (Wildman–Crippen MR) is 112 cm³/mol. The van der Waals surface area contributed by atoms with Crippen molar-refractivity contribution in [2.45, 2.75) is 72.1 Å². The first-order valence-corrected chi connectivity index (χ1v) is 10.1. The number of hydrogen-bond donors (Lipinski definition) is 0. The lowest BCUT2D eigenvalue weighted by atomic mass is 9.96. The van der Waals surface area contributed by atoms with E-state index in [4.69, 9.17) is 14.2 Å². The van der Waals surface area contributed by atoms with Gasteiger partial charge in [0.05, 0.1) is 11.7 Å². The van der Waals surface area contributed by atoms with Gasteiger partial charge in [-0.3, -0.25) is 4.79 Å². The Morgan fingerprint density at radius 2 is 1.76 bits per heavy atom. The van der Waals surface area contributed by atoms with Crippen LogP contribution in [0.15, 0.2) is 30.4 Å². The lowest BCUT2D eigenvalue weighted by Gasteiger charge is -2.20. The summed E-state index contributed by atoms with van der Waals surface area (Å²) in [5.74, 6) is -1.42. The number of carbonyl (C=O) groups excluding carboxylic acids is 2. The topological polar surface area (TPSA) is 61.8 Å². The minimum absolute atomic E-state index is 0.121. The largest absolute Gasteiger partial charge is 0.458 e. The molecule has 1 fully saturated rings. The van der Waals surface area contributed by atoms with Gasteiger partial charge in [-0.1, -0.05) is 42.8 Å². The molecule has 3 rings (SSSR count). The second kappa shape index (κ2) is 8.25. The molecule has 4 atom stereocenters. The highest BCUT2D eigenvalue weighted by Gasteiger charge is 2.43. The zero-order chi connectivity index (χ0) is 21.3. The maximum atomic E-state index is 12.9. The average Bonchev–Trinajstić information content (AvgIpc) is 2.92. The van der Waals surface area contributed by atoms with Crippen molar-refractivity contribution in [3.05, 3.63) is 52.6 Å². The summed E-state index contributed by atoms with van der Waals surface area (Å²) in [6.07, 6.45) is 6.23. The molecule has 1 aromatic rings. The van der Waals surface area contributed by atoms with Crippen molar-refractivity contribution in [1.82, 2.24) is 0 Å². The third-order valence-electron chi connectivity index (χ3n) is 5.44. The van der Waals surface area contributed by atoms with Crippen molar-refractivity contribution in [3.8, 4) is 0 Å². The second-order valence-electron chi connectivity index (χ2n) is 8.51. The molecule has 2 heterocycles. The lowest BCUT2D eigenvalue weighted by molar-refractivity contribution is -0.152. The highest BCUT2D eigenvalue weighted by molar-refractivity contribution is 5.96. The third-order valence-corrected chi connectivity index (χ3v) is 5.44. The molecule has 156 valence electrons. The Labute approximate surface area is 172 Å². The summed E-state index contributed by atoms with van der Waals surface area (Å²) >= 11 is 0. The molecular weight excluding hydrogens is 368 g/mol. The molecule has 0 aromatic heterocycles. The van der Waals surface area contributed by atoms with Crippen LogP contribution in [0.25, 0.3) is 6.08 Å². The van der Waals surface area contributed by atoms with Gasteiger partial charge in [-0.15, -0.1) is 0 Å². The van der Waals surface area contributed by atoms with Crippen molar-refractivity contribution in [3.63, 3.8) is 0 Å². The van der Waals surface area contributed by atoms with E-state index in [2.05, 4.69) is 0 Å². The number of fused-ring (bicyclic) bond motifs is 2. The van der Waals surface area contributed by atoms with Crippen molar-refractivity contribution >= 4 is 17.8 Å². The number of hydrogen-bond acceptors (Lipinski definition) is 5. The van der Waals surface area contributed by atoms with E-state index in [-0.39, 0.29) is 29.9 Å². The van der Waals surface area contributed by atoms with Gasteiger partial charge in [0.1, 0.15) is 12.2 Å². The normalized spacial score (nSPS) is 31.9. The van der Waals surface area contributed by atoms with Crippen LogP contribution in [-0.4, -0.2) is 35.9 Å². The maximum absolute atomic E-state index is 12.9. The maximum Gasteiger partial charge on any atom is 0.339 e. The Kier molecular flexibility index (Phi) is 6.11. The Hall–Kier alpha value is -2.24. The molecule has 1 saturated heterocycles. The molecule has 0 unspecified atom stereocenters. The van der Waals surface area contributed by atoms with Crippen molar-refractivity contribution in [2.24, 2.45) is 5.92 Å². The summed E-state index contributed by atoms with van der Waals surface area (Å²) in [5, 5.41) is 0. The van der Waals surface area contributed by atoms with Gasteiger partial charge in [-0.25, -0.2) is 4.79 Å². The minimum Gasteiger partial charge on any atom is -0.458 e. The van der Waals surface area contributed by atoms with Crippen molar-refractivity contribution in [1.29, 1.82) is 0 Å². The van der Waals surface area contributed by atoms with Crippen LogP contribution in [0.1, 0.15) is 61.2 Å². The molecule has 0 radical (unpaired) electrons. The molecule has 0 spiro atoms. The quantitative estimate of drug-likeness (QED) is 0.600. The first-order valence-electron chi connectivity index (χ1n) is 10.1. The van der Waals surface area contributed by atoms with Gasteiger partial charge in [0.15, 0.2) is 11.6 Å². The van der Waals surface area contributed by atoms with E-state index >= 15 is 0 Å². The minimum atomic E-state index is -0.816. The molecule has 2 aliphatic rings. The Morgan fingerprint density at radius 1 is 1.03 bits per heavy atom. The van der Waals surface area contributed by atoms with Crippen LogP contribution in [-0.2, 0) is 19.0 Å². The Balaban J connectivity index is 2.03. The summed E-state index contributed by atoms with van der Waals surface area (Å²) in [7, 11) is 0. The van der Waals surface area contributed by atoms with E-state index in [0.29, 0.717) is 12.0 Å². The SMILES string of the molecule is Cc1cc(C)c2c(c1)/C=C/C[C@@H]1OC(C)(C)O[C@@H]1C(=O)/C=C\[C@@H](C)[C@H](C)OC2=O. The van der Waals surface area contributed by atoms with Gasteiger partial charge in [0.25, 0.3) is 0 Å². The standard InChI is InChI=1S/C24H30O5/c1-14-12-16(3)21-18(13-14)8-7-9-20-22(29-24(5,6)28-20)19(25)11-10-15(2)17(4)27-23(21)26/h7-8,10-13,15,17,20,22H,9H2,1-6H3/b8-7+,11-10-/t15-,17+,20+,22-/m1/s1. The number of ether oxygens (including phenoxy) is 3. The number of rotatable bonds is 0. The monoisotopic (exact) mass is 398 g/mol. The fourth-order valence-electron chi connectivity index (χ4n) is 3.82. The van der Waals surface area contributed by atoms with E-state index in [1.54, 1.807) is 6.08 Å². The zero-order valence-electron chi connectivity index (χ0n) is 18.0. The van der Waals surface area contributed by atoms with Crippen molar-refractivity contribution < 1.29 is 23.8 Å². The molecule has 1 aromatic carbocycles.